The van der Waals surface area contributed by atoms with Crippen molar-refractivity contribution >= 4 is 34.9 Å². The van der Waals surface area contributed by atoms with Gasteiger partial charge in [0.25, 0.3) is 0 Å². The van der Waals surface area contributed by atoms with Gasteiger partial charge in [-0.05, 0) is 30.9 Å². The van der Waals surface area contributed by atoms with E-state index in [0.717, 1.165) is 24.1 Å². The van der Waals surface area contributed by atoms with Crippen molar-refractivity contribution in [3.8, 4) is 17.0 Å². The first kappa shape index (κ1) is 15.2. The van der Waals surface area contributed by atoms with Gasteiger partial charge >= 0.3 is 6.09 Å². The van der Waals surface area contributed by atoms with Crippen LogP contribution in [-0.2, 0) is 0 Å². The second-order valence-corrected chi connectivity index (χ2v) is 6.43. The molecular formula is C16H12Cl2N4O2. The van der Waals surface area contributed by atoms with Crippen molar-refractivity contribution in [3.63, 3.8) is 0 Å². The summed E-state index contributed by atoms with van der Waals surface area (Å²) >= 11 is 12.5. The molecule has 1 fully saturated rings. The van der Waals surface area contributed by atoms with E-state index in [0.29, 0.717) is 27.4 Å². The summed E-state index contributed by atoms with van der Waals surface area (Å²) in [7, 11) is 0. The van der Waals surface area contributed by atoms with E-state index in [4.69, 9.17) is 33.7 Å². The highest BCUT2D eigenvalue weighted by Gasteiger charge is 2.28. The molecule has 122 valence electrons. The van der Waals surface area contributed by atoms with Gasteiger partial charge in [0.2, 0.25) is 0 Å². The predicted octanol–water partition coefficient (Wildman–Crippen LogP) is 4.04. The highest BCUT2D eigenvalue weighted by Crippen LogP contribution is 2.42. The summed E-state index contributed by atoms with van der Waals surface area (Å²) in [4.78, 5) is 15.3. The van der Waals surface area contributed by atoms with Gasteiger partial charge in [0.1, 0.15) is 10.9 Å². The molecule has 0 unspecified atom stereocenters. The molecule has 0 atom stereocenters. The van der Waals surface area contributed by atoms with Crippen LogP contribution in [0.4, 0.5) is 4.79 Å². The molecule has 1 aromatic carbocycles. The lowest BCUT2D eigenvalue weighted by Gasteiger charge is -2.09. The van der Waals surface area contributed by atoms with Gasteiger partial charge in [0.05, 0.1) is 16.9 Å². The number of primary amides is 1. The summed E-state index contributed by atoms with van der Waals surface area (Å²) < 4.78 is 6.57. The molecule has 0 saturated heterocycles. The second-order valence-electron chi connectivity index (χ2n) is 5.64. The molecule has 1 aliphatic carbocycles. The Hall–Kier alpha value is -2.31. The zero-order valence-electron chi connectivity index (χ0n) is 12.4. The highest BCUT2D eigenvalue weighted by atomic mass is 35.5. The quantitative estimate of drug-likeness (QED) is 0.712. The van der Waals surface area contributed by atoms with E-state index >= 15 is 0 Å². The zero-order valence-corrected chi connectivity index (χ0v) is 13.9. The van der Waals surface area contributed by atoms with E-state index in [-0.39, 0.29) is 5.75 Å². The number of ether oxygens (including phenoxy) is 1. The van der Waals surface area contributed by atoms with Crippen molar-refractivity contribution < 1.29 is 9.53 Å². The number of nitrogens with two attached hydrogens (primary N) is 1. The number of nitrogens with zero attached hydrogens (tertiary/aromatic N) is 3. The van der Waals surface area contributed by atoms with E-state index in [1.807, 2.05) is 6.20 Å². The Bertz CT molecular complexity index is 966. The van der Waals surface area contributed by atoms with E-state index < -0.39 is 6.09 Å². The molecule has 8 heteroatoms. The summed E-state index contributed by atoms with van der Waals surface area (Å²) in [5.41, 5.74) is 8.27. The molecule has 1 amide bonds. The first-order valence-corrected chi connectivity index (χ1v) is 8.10. The molecule has 0 spiro atoms. The number of rotatable bonds is 3. The van der Waals surface area contributed by atoms with E-state index in [1.165, 1.54) is 6.07 Å². The number of fused-ring (bicyclic) bond motifs is 1. The summed E-state index contributed by atoms with van der Waals surface area (Å²) in [6, 6.07) is 6.56. The van der Waals surface area contributed by atoms with Crippen LogP contribution in [0.1, 0.15) is 24.3 Å². The number of amides is 1. The van der Waals surface area contributed by atoms with Gasteiger partial charge in [0, 0.05) is 23.3 Å². The molecule has 0 radical (unpaired) electrons. The minimum atomic E-state index is -0.894. The third-order valence-electron chi connectivity index (χ3n) is 3.92. The van der Waals surface area contributed by atoms with Gasteiger partial charge in [-0.2, -0.15) is 5.10 Å². The lowest BCUT2D eigenvalue weighted by Crippen LogP contribution is -2.16. The number of carbonyl (C=O) groups excluding carboxylic acids is 1. The van der Waals surface area contributed by atoms with Crippen LogP contribution in [0, 0.1) is 0 Å². The number of carbonyl (C=O) groups is 1. The maximum absolute atomic E-state index is 10.8. The first-order chi connectivity index (χ1) is 11.5. The smallest absolute Gasteiger partial charge is 0.409 e. The van der Waals surface area contributed by atoms with E-state index in [2.05, 4.69) is 10.1 Å². The summed E-state index contributed by atoms with van der Waals surface area (Å²) in [6.07, 6.45) is 3.22. The second kappa shape index (κ2) is 5.65. The van der Waals surface area contributed by atoms with E-state index in [9.17, 15) is 4.79 Å². The number of benzene rings is 1. The monoisotopic (exact) mass is 362 g/mol. The number of aromatic nitrogens is 3. The van der Waals surface area contributed by atoms with Crippen LogP contribution in [-0.4, -0.2) is 20.7 Å². The standard InChI is InChI=1S/C16H12Cl2N4O2/c17-12-5-9(24-16(19)23)3-4-10(12)13-6-14(18)21-15-11(8-1-2-8)7-20-22(13)15/h3-8H,1-2H2,(H2,19,23). The molecule has 1 aliphatic rings. The minimum absolute atomic E-state index is 0.270. The predicted molar refractivity (Wildman–Crippen MR) is 90.6 cm³/mol. The minimum Gasteiger partial charge on any atom is -0.410 e. The van der Waals surface area contributed by atoms with Crippen molar-refractivity contribution in [2.24, 2.45) is 5.73 Å². The van der Waals surface area contributed by atoms with Crippen LogP contribution >= 0.6 is 23.2 Å². The maximum atomic E-state index is 10.8. The maximum Gasteiger partial charge on any atom is 0.409 e. The van der Waals surface area contributed by atoms with Crippen LogP contribution in [0.15, 0.2) is 30.5 Å². The van der Waals surface area contributed by atoms with Gasteiger partial charge in [-0.1, -0.05) is 23.2 Å². The Morgan fingerprint density at radius 2 is 2.08 bits per heavy atom. The molecule has 6 nitrogen and oxygen atoms in total. The van der Waals surface area contributed by atoms with Crippen LogP contribution in [0.3, 0.4) is 0 Å². The van der Waals surface area contributed by atoms with Crippen LogP contribution in [0.5, 0.6) is 5.75 Å². The van der Waals surface area contributed by atoms with Gasteiger partial charge < -0.3 is 10.5 Å². The van der Waals surface area contributed by atoms with Crippen molar-refractivity contribution in [2.75, 3.05) is 0 Å². The third-order valence-corrected chi connectivity index (χ3v) is 4.43. The Morgan fingerprint density at radius 3 is 2.75 bits per heavy atom. The molecule has 2 aromatic heterocycles. The number of hydrogen-bond donors (Lipinski definition) is 1. The van der Waals surface area contributed by atoms with Gasteiger partial charge in [0.15, 0.2) is 5.65 Å². The Morgan fingerprint density at radius 1 is 1.29 bits per heavy atom. The van der Waals surface area contributed by atoms with Gasteiger partial charge in [-0.3, -0.25) is 0 Å². The van der Waals surface area contributed by atoms with Crippen LogP contribution in [0.25, 0.3) is 16.9 Å². The van der Waals surface area contributed by atoms with Crippen LogP contribution < -0.4 is 10.5 Å². The SMILES string of the molecule is NC(=O)Oc1ccc(-c2cc(Cl)nc3c(C4CC4)cnn23)c(Cl)c1. The topological polar surface area (TPSA) is 82.5 Å². The number of halogens is 2. The molecule has 0 bridgehead atoms. The van der Waals surface area contributed by atoms with Crippen molar-refractivity contribution in [2.45, 2.75) is 18.8 Å². The van der Waals surface area contributed by atoms with Gasteiger partial charge in [-0.15, -0.1) is 0 Å². The molecule has 4 rings (SSSR count). The third kappa shape index (κ3) is 2.68. The molecule has 3 aromatic rings. The fraction of sp³-hybridized carbons (Fsp3) is 0.188. The Labute approximate surface area is 147 Å². The molecule has 0 aliphatic heterocycles. The summed E-state index contributed by atoms with van der Waals surface area (Å²) in [6.45, 7) is 0. The molecule has 2 N–H and O–H groups in total. The van der Waals surface area contributed by atoms with Gasteiger partial charge in [-0.25, -0.2) is 14.3 Å². The summed E-state index contributed by atoms with van der Waals surface area (Å²) in [5.74, 6) is 0.773. The van der Waals surface area contributed by atoms with Crippen molar-refractivity contribution in [1.29, 1.82) is 0 Å². The molecule has 24 heavy (non-hydrogen) atoms. The number of hydrogen-bond acceptors (Lipinski definition) is 4. The lowest BCUT2D eigenvalue weighted by molar-refractivity contribution is 0.211. The fourth-order valence-electron chi connectivity index (χ4n) is 2.71. The normalized spacial score (nSPS) is 14.1. The molecule has 1 saturated carbocycles. The lowest BCUT2D eigenvalue weighted by atomic mass is 10.1. The average Bonchev–Trinajstić information content (AvgIpc) is 3.26. The average molecular weight is 363 g/mol. The fourth-order valence-corrected chi connectivity index (χ4v) is 3.16. The largest absolute Gasteiger partial charge is 0.410 e. The molecular weight excluding hydrogens is 351 g/mol. The highest BCUT2D eigenvalue weighted by molar-refractivity contribution is 6.33. The first-order valence-electron chi connectivity index (χ1n) is 7.34. The zero-order chi connectivity index (χ0) is 16.8. The van der Waals surface area contributed by atoms with E-state index in [1.54, 1.807) is 22.7 Å². The Balaban J connectivity index is 1.85. The molecule has 2 heterocycles. The summed E-state index contributed by atoms with van der Waals surface area (Å²) in [5, 5.41) is 5.20. The van der Waals surface area contributed by atoms with Crippen LogP contribution in [0.2, 0.25) is 10.2 Å². The Kier molecular flexibility index (Phi) is 3.58. The van der Waals surface area contributed by atoms with Crippen molar-refractivity contribution in [1.82, 2.24) is 14.6 Å². The van der Waals surface area contributed by atoms with Crippen molar-refractivity contribution in [3.05, 3.63) is 46.2 Å².